The van der Waals surface area contributed by atoms with Crippen molar-refractivity contribution in [1.29, 1.82) is 0 Å². The molecule has 0 aromatic rings. The molecule has 2 rings (SSSR count). The van der Waals surface area contributed by atoms with Crippen LogP contribution in [0.4, 0.5) is 0 Å². The average Bonchev–Trinajstić information content (AvgIpc) is 2.77. The number of hydrogen-bond acceptors (Lipinski definition) is 2. The summed E-state index contributed by atoms with van der Waals surface area (Å²) in [6.07, 6.45) is 11.6. The third kappa shape index (κ3) is 6.80. The van der Waals surface area contributed by atoms with E-state index in [-0.39, 0.29) is 0 Å². The molecule has 1 saturated carbocycles. The Labute approximate surface area is 141 Å². The molecule has 5 heteroatoms. The predicted octanol–water partition coefficient (Wildman–Crippen LogP) is 2.67. The Kier molecular flexibility index (Phi) is 8.26. The van der Waals surface area contributed by atoms with E-state index in [1.807, 2.05) is 4.90 Å². The first-order valence-electron chi connectivity index (χ1n) is 9.62. The fourth-order valence-electron chi connectivity index (χ4n) is 3.49. The molecule has 1 heterocycles. The largest absolute Gasteiger partial charge is 0.357 e. The Bertz CT molecular complexity index is 377. The highest BCUT2D eigenvalue weighted by atomic mass is 16.2. The van der Waals surface area contributed by atoms with Gasteiger partial charge in [0.2, 0.25) is 5.91 Å². The van der Waals surface area contributed by atoms with E-state index in [9.17, 15) is 4.79 Å². The zero-order valence-electron chi connectivity index (χ0n) is 14.8. The first-order valence-corrected chi connectivity index (χ1v) is 9.62. The summed E-state index contributed by atoms with van der Waals surface area (Å²) in [5.41, 5.74) is 0. The number of guanidine groups is 1. The number of aliphatic imine (C=N–C) groups is 1. The maximum Gasteiger partial charge on any atom is 0.222 e. The minimum absolute atomic E-state index is 0.332. The number of nitrogens with one attached hydrogen (secondary N) is 2. The number of amides is 1. The lowest BCUT2D eigenvalue weighted by atomic mass is 9.96. The number of carbonyl (C=O) groups is 1. The second-order valence-corrected chi connectivity index (χ2v) is 6.78. The van der Waals surface area contributed by atoms with Gasteiger partial charge in [0.25, 0.3) is 0 Å². The minimum atomic E-state index is 0.332. The Morgan fingerprint density at radius 3 is 2.74 bits per heavy atom. The highest BCUT2D eigenvalue weighted by Gasteiger charge is 2.16. The second kappa shape index (κ2) is 10.5. The maximum atomic E-state index is 12.0. The van der Waals surface area contributed by atoms with Crippen molar-refractivity contribution in [2.75, 3.05) is 26.2 Å². The van der Waals surface area contributed by atoms with E-state index in [0.717, 1.165) is 57.8 Å². The molecule has 0 unspecified atom stereocenters. The Morgan fingerprint density at radius 2 is 1.96 bits per heavy atom. The minimum Gasteiger partial charge on any atom is -0.357 e. The lowest BCUT2D eigenvalue weighted by molar-refractivity contribution is -0.130. The summed E-state index contributed by atoms with van der Waals surface area (Å²) >= 11 is 0. The zero-order chi connectivity index (χ0) is 16.3. The summed E-state index contributed by atoms with van der Waals surface area (Å²) in [7, 11) is 0. The summed E-state index contributed by atoms with van der Waals surface area (Å²) in [4.78, 5) is 18.7. The molecular weight excluding hydrogens is 288 g/mol. The molecule has 0 aromatic carbocycles. The van der Waals surface area contributed by atoms with Crippen molar-refractivity contribution in [3.63, 3.8) is 0 Å². The van der Waals surface area contributed by atoms with E-state index < -0.39 is 0 Å². The molecule has 1 saturated heterocycles. The van der Waals surface area contributed by atoms with E-state index in [2.05, 4.69) is 17.6 Å². The van der Waals surface area contributed by atoms with Gasteiger partial charge in [0.05, 0.1) is 0 Å². The molecule has 5 nitrogen and oxygen atoms in total. The van der Waals surface area contributed by atoms with Crippen LogP contribution in [-0.4, -0.2) is 49.0 Å². The van der Waals surface area contributed by atoms with Gasteiger partial charge in [-0.15, -0.1) is 0 Å². The van der Waals surface area contributed by atoms with E-state index in [4.69, 9.17) is 4.99 Å². The molecule has 2 aliphatic rings. The molecule has 0 spiro atoms. The summed E-state index contributed by atoms with van der Waals surface area (Å²) in [6, 6.07) is 0.578. The van der Waals surface area contributed by atoms with E-state index in [1.54, 1.807) is 0 Å². The first kappa shape index (κ1) is 18.1. The smallest absolute Gasteiger partial charge is 0.222 e. The quantitative estimate of drug-likeness (QED) is 0.449. The van der Waals surface area contributed by atoms with Crippen LogP contribution in [0.25, 0.3) is 0 Å². The van der Waals surface area contributed by atoms with E-state index >= 15 is 0 Å². The monoisotopic (exact) mass is 322 g/mol. The predicted molar refractivity (Wildman–Crippen MR) is 95.7 cm³/mol. The van der Waals surface area contributed by atoms with Gasteiger partial charge < -0.3 is 15.5 Å². The molecule has 2 N–H and O–H groups in total. The number of hydrogen-bond donors (Lipinski definition) is 2. The maximum absolute atomic E-state index is 12.0. The normalized spacial score (nSPS) is 21.2. The molecule has 0 radical (unpaired) electrons. The average molecular weight is 322 g/mol. The van der Waals surface area contributed by atoms with Crippen LogP contribution in [0, 0.1) is 0 Å². The van der Waals surface area contributed by atoms with Gasteiger partial charge in [-0.25, -0.2) is 0 Å². The Morgan fingerprint density at radius 1 is 1.17 bits per heavy atom. The van der Waals surface area contributed by atoms with Crippen molar-refractivity contribution in [3.05, 3.63) is 0 Å². The SMILES string of the molecule is CCNC(=NCCCN1CCCCCC1=O)NC1CCCCC1. The molecule has 1 aliphatic heterocycles. The summed E-state index contributed by atoms with van der Waals surface area (Å²) < 4.78 is 0. The van der Waals surface area contributed by atoms with Gasteiger partial charge in [0.15, 0.2) is 5.96 Å². The number of nitrogens with zero attached hydrogens (tertiary/aromatic N) is 2. The highest BCUT2D eigenvalue weighted by Crippen LogP contribution is 2.17. The van der Waals surface area contributed by atoms with Gasteiger partial charge in [-0.05, 0) is 39.0 Å². The fraction of sp³-hybridized carbons (Fsp3) is 0.889. The van der Waals surface area contributed by atoms with Crippen LogP contribution in [0.3, 0.4) is 0 Å². The van der Waals surface area contributed by atoms with Crippen molar-refractivity contribution in [1.82, 2.24) is 15.5 Å². The van der Waals surface area contributed by atoms with Crippen LogP contribution in [0.15, 0.2) is 4.99 Å². The molecule has 2 fully saturated rings. The van der Waals surface area contributed by atoms with Crippen LogP contribution in [0.1, 0.15) is 71.1 Å². The van der Waals surface area contributed by atoms with Gasteiger partial charge in [-0.2, -0.15) is 0 Å². The van der Waals surface area contributed by atoms with Crippen molar-refractivity contribution in [2.45, 2.75) is 77.2 Å². The van der Waals surface area contributed by atoms with Crippen LogP contribution >= 0.6 is 0 Å². The molecule has 132 valence electrons. The van der Waals surface area contributed by atoms with Crippen molar-refractivity contribution in [3.8, 4) is 0 Å². The van der Waals surface area contributed by atoms with Crippen molar-refractivity contribution >= 4 is 11.9 Å². The number of rotatable bonds is 6. The van der Waals surface area contributed by atoms with Gasteiger partial charge in [-0.3, -0.25) is 9.79 Å². The number of carbonyl (C=O) groups excluding carboxylic acids is 1. The number of likely N-dealkylation sites (tertiary alicyclic amines) is 1. The zero-order valence-corrected chi connectivity index (χ0v) is 14.8. The lowest BCUT2D eigenvalue weighted by Crippen LogP contribution is -2.44. The fourth-order valence-corrected chi connectivity index (χ4v) is 3.49. The van der Waals surface area contributed by atoms with Crippen molar-refractivity contribution < 1.29 is 4.79 Å². The highest BCUT2D eigenvalue weighted by molar-refractivity contribution is 5.80. The molecule has 1 aliphatic carbocycles. The first-order chi connectivity index (χ1) is 11.3. The standard InChI is InChI=1S/C18H34N4O/c1-2-19-18(21-16-10-5-3-6-11-16)20-13-9-15-22-14-8-4-7-12-17(22)23/h16H,2-15H2,1H3,(H2,19,20,21). The van der Waals surface area contributed by atoms with Gasteiger partial charge in [-0.1, -0.05) is 25.7 Å². The van der Waals surface area contributed by atoms with Crippen molar-refractivity contribution in [2.24, 2.45) is 4.99 Å². The summed E-state index contributed by atoms with van der Waals surface area (Å²) in [5.74, 6) is 1.28. The van der Waals surface area contributed by atoms with E-state index in [1.165, 1.54) is 38.5 Å². The third-order valence-corrected chi connectivity index (χ3v) is 4.82. The Hall–Kier alpha value is -1.26. The molecule has 1 amide bonds. The van der Waals surface area contributed by atoms with Crippen LogP contribution in [-0.2, 0) is 4.79 Å². The third-order valence-electron chi connectivity index (χ3n) is 4.82. The van der Waals surface area contributed by atoms with Gasteiger partial charge in [0, 0.05) is 38.6 Å². The molecular formula is C18H34N4O. The van der Waals surface area contributed by atoms with Gasteiger partial charge in [0.1, 0.15) is 0 Å². The Balaban J connectivity index is 1.72. The summed E-state index contributed by atoms with van der Waals surface area (Å²) in [6.45, 7) is 5.57. The van der Waals surface area contributed by atoms with Crippen LogP contribution in [0.5, 0.6) is 0 Å². The lowest BCUT2D eigenvalue weighted by Gasteiger charge is -2.25. The van der Waals surface area contributed by atoms with Crippen LogP contribution in [0.2, 0.25) is 0 Å². The molecule has 23 heavy (non-hydrogen) atoms. The molecule has 0 atom stereocenters. The topological polar surface area (TPSA) is 56.7 Å². The molecule has 0 bridgehead atoms. The molecule has 0 aromatic heterocycles. The van der Waals surface area contributed by atoms with Gasteiger partial charge >= 0.3 is 0 Å². The van der Waals surface area contributed by atoms with E-state index in [0.29, 0.717) is 11.9 Å². The second-order valence-electron chi connectivity index (χ2n) is 6.78. The van der Waals surface area contributed by atoms with Crippen LogP contribution < -0.4 is 10.6 Å². The summed E-state index contributed by atoms with van der Waals surface area (Å²) in [5, 5.41) is 6.92.